The molecule has 28 heavy (non-hydrogen) atoms. The van der Waals surface area contributed by atoms with Crippen molar-refractivity contribution in [2.45, 2.75) is 32.0 Å². The number of hydrogen-bond acceptors (Lipinski definition) is 6. The highest BCUT2D eigenvalue weighted by molar-refractivity contribution is 5.77. The zero-order valence-corrected chi connectivity index (χ0v) is 15.8. The van der Waals surface area contributed by atoms with Crippen molar-refractivity contribution in [3.05, 3.63) is 68.9 Å². The van der Waals surface area contributed by atoms with Gasteiger partial charge in [-0.15, -0.1) is 0 Å². The minimum Gasteiger partial charge on any atom is -0.395 e. The molecular formula is C20H23N5O3. The second kappa shape index (κ2) is 7.65. The van der Waals surface area contributed by atoms with Gasteiger partial charge in [0, 0.05) is 25.4 Å². The molecular weight excluding hydrogens is 358 g/mol. The van der Waals surface area contributed by atoms with Crippen LogP contribution in [0.1, 0.15) is 30.3 Å². The van der Waals surface area contributed by atoms with E-state index in [0.29, 0.717) is 28.8 Å². The van der Waals surface area contributed by atoms with Gasteiger partial charge in [-0.3, -0.25) is 19.1 Å². The number of aryl methyl sites for hydroxylation is 1. The molecule has 0 bridgehead atoms. The van der Waals surface area contributed by atoms with Crippen molar-refractivity contribution in [1.29, 1.82) is 0 Å². The lowest BCUT2D eigenvalue weighted by Crippen LogP contribution is -2.34. The van der Waals surface area contributed by atoms with Crippen LogP contribution in [0.5, 0.6) is 0 Å². The maximum absolute atomic E-state index is 13.0. The summed E-state index contributed by atoms with van der Waals surface area (Å²) in [5.41, 5.74) is 1.06. The lowest BCUT2D eigenvalue weighted by Gasteiger charge is -2.26. The second-order valence-corrected chi connectivity index (χ2v) is 7.13. The number of nitrogens with zero attached hydrogens (tertiary/aromatic N) is 5. The summed E-state index contributed by atoms with van der Waals surface area (Å²) in [7, 11) is 1.68. The van der Waals surface area contributed by atoms with Crippen molar-refractivity contribution >= 4 is 10.9 Å². The van der Waals surface area contributed by atoms with Gasteiger partial charge in [0.25, 0.3) is 11.1 Å². The third-order valence-electron chi connectivity index (χ3n) is 5.32. The van der Waals surface area contributed by atoms with Gasteiger partial charge in [0.1, 0.15) is 5.82 Å². The normalized spacial score (nSPS) is 17.4. The molecule has 1 atom stereocenters. The van der Waals surface area contributed by atoms with Gasteiger partial charge >= 0.3 is 0 Å². The third kappa shape index (κ3) is 3.25. The van der Waals surface area contributed by atoms with E-state index < -0.39 is 0 Å². The molecule has 1 aliphatic rings. The van der Waals surface area contributed by atoms with Crippen LogP contribution in [-0.4, -0.2) is 42.3 Å². The molecule has 4 rings (SSSR count). The molecule has 8 nitrogen and oxygen atoms in total. The lowest BCUT2D eigenvalue weighted by atomic mass is 10.1. The van der Waals surface area contributed by atoms with Gasteiger partial charge in [0.05, 0.1) is 36.4 Å². The fourth-order valence-corrected chi connectivity index (χ4v) is 3.95. The highest BCUT2D eigenvalue weighted by Crippen LogP contribution is 2.32. The highest BCUT2D eigenvalue weighted by atomic mass is 16.3. The summed E-state index contributed by atoms with van der Waals surface area (Å²) in [6.07, 6.45) is 4.90. The van der Waals surface area contributed by atoms with E-state index in [1.165, 1.54) is 10.9 Å². The number of rotatable bonds is 5. The van der Waals surface area contributed by atoms with Crippen LogP contribution >= 0.6 is 0 Å². The zero-order chi connectivity index (χ0) is 19.7. The van der Waals surface area contributed by atoms with Crippen LogP contribution in [0.2, 0.25) is 0 Å². The second-order valence-electron chi connectivity index (χ2n) is 7.13. The Balaban J connectivity index is 1.77. The van der Waals surface area contributed by atoms with E-state index in [0.717, 1.165) is 19.4 Å². The van der Waals surface area contributed by atoms with Gasteiger partial charge in [-0.05, 0) is 31.5 Å². The molecule has 0 spiro atoms. The molecule has 0 amide bonds. The van der Waals surface area contributed by atoms with Crippen molar-refractivity contribution in [2.75, 3.05) is 13.2 Å². The van der Waals surface area contributed by atoms with E-state index in [9.17, 15) is 14.7 Å². The molecule has 2 aromatic heterocycles. The van der Waals surface area contributed by atoms with Crippen LogP contribution in [0.3, 0.4) is 0 Å². The van der Waals surface area contributed by atoms with E-state index in [2.05, 4.69) is 9.88 Å². The molecule has 0 saturated carbocycles. The Hall–Kier alpha value is -2.84. The van der Waals surface area contributed by atoms with Crippen LogP contribution < -0.4 is 11.1 Å². The third-order valence-corrected chi connectivity index (χ3v) is 5.32. The predicted octanol–water partition coefficient (Wildman–Crippen LogP) is 0.820. The van der Waals surface area contributed by atoms with E-state index in [1.54, 1.807) is 23.9 Å². The van der Waals surface area contributed by atoms with Gasteiger partial charge in [-0.2, -0.15) is 0 Å². The lowest BCUT2D eigenvalue weighted by molar-refractivity contribution is 0.222. The van der Waals surface area contributed by atoms with Crippen molar-refractivity contribution < 1.29 is 5.11 Å². The topological polar surface area (TPSA) is 93.2 Å². The first kappa shape index (κ1) is 18.5. The van der Waals surface area contributed by atoms with Gasteiger partial charge in [-0.25, -0.2) is 9.97 Å². The quantitative estimate of drug-likeness (QED) is 0.703. The minimum absolute atomic E-state index is 0.0696. The first-order valence-corrected chi connectivity index (χ1v) is 9.44. The molecule has 1 aliphatic heterocycles. The summed E-state index contributed by atoms with van der Waals surface area (Å²) in [6, 6.07) is 7.18. The largest absolute Gasteiger partial charge is 0.395 e. The zero-order valence-electron chi connectivity index (χ0n) is 15.8. The number of likely N-dealkylation sites (tertiary alicyclic amines) is 1. The first-order chi connectivity index (χ1) is 13.6. The Kier molecular flexibility index (Phi) is 5.06. The number of benzene rings is 1. The molecule has 3 aromatic rings. The average Bonchev–Trinajstić information content (AvgIpc) is 3.15. The number of aliphatic hydroxyl groups excluding tert-OH is 1. The Labute approximate surface area is 161 Å². The number of fused-ring (bicyclic) bond motifs is 1. The standard InChI is InChI=1S/C20H23N5O3/c1-23-13-21-11-14(19(23)27)12-24-8-4-7-17(24)18-22-16-6-3-2-5-15(16)20(28)25(18)9-10-26/h2-3,5-6,11,13,17,26H,4,7-10,12H2,1H3. The molecule has 1 fully saturated rings. The van der Waals surface area contributed by atoms with Crippen molar-refractivity contribution in [1.82, 2.24) is 24.0 Å². The van der Waals surface area contributed by atoms with Crippen LogP contribution in [-0.2, 0) is 20.1 Å². The summed E-state index contributed by atoms with van der Waals surface area (Å²) in [5.74, 6) is 0.649. The van der Waals surface area contributed by atoms with E-state index in [4.69, 9.17) is 4.98 Å². The van der Waals surface area contributed by atoms with Crippen molar-refractivity contribution in [3.8, 4) is 0 Å². The maximum atomic E-state index is 13.0. The van der Waals surface area contributed by atoms with Gasteiger partial charge in [0.2, 0.25) is 0 Å². The van der Waals surface area contributed by atoms with E-state index >= 15 is 0 Å². The average molecular weight is 381 g/mol. The summed E-state index contributed by atoms with van der Waals surface area (Å²) in [4.78, 5) is 36.4. The number of aromatic nitrogens is 4. The monoisotopic (exact) mass is 381 g/mol. The minimum atomic E-state index is -0.140. The van der Waals surface area contributed by atoms with Crippen LogP contribution in [0.15, 0.2) is 46.4 Å². The SMILES string of the molecule is Cn1cncc(CN2CCCC2c2nc3ccccc3c(=O)n2CCO)c1=O. The Morgan fingerprint density at radius 1 is 1.21 bits per heavy atom. The maximum Gasteiger partial charge on any atom is 0.261 e. The van der Waals surface area contributed by atoms with Crippen molar-refractivity contribution in [2.24, 2.45) is 7.05 Å². The molecule has 0 radical (unpaired) electrons. The fraction of sp³-hybridized carbons (Fsp3) is 0.400. The summed E-state index contributed by atoms with van der Waals surface area (Å²) >= 11 is 0. The summed E-state index contributed by atoms with van der Waals surface area (Å²) < 4.78 is 3.04. The number of aliphatic hydroxyl groups is 1. The molecule has 3 heterocycles. The summed E-state index contributed by atoms with van der Waals surface area (Å²) in [5, 5.41) is 10.0. The fourth-order valence-electron chi connectivity index (χ4n) is 3.95. The molecule has 0 aliphatic carbocycles. The first-order valence-electron chi connectivity index (χ1n) is 9.44. The molecule has 8 heteroatoms. The van der Waals surface area contributed by atoms with Crippen LogP contribution in [0, 0.1) is 0 Å². The predicted molar refractivity (Wildman–Crippen MR) is 105 cm³/mol. The molecule has 146 valence electrons. The van der Waals surface area contributed by atoms with E-state index in [1.807, 2.05) is 18.2 Å². The number of para-hydroxylation sites is 1. The molecule has 1 unspecified atom stereocenters. The Morgan fingerprint density at radius 3 is 2.86 bits per heavy atom. The molecule has 1 saturated heterocycles. The van der Waals surface area contributed by atoms with E-state index in [-0.39, 0.29) is 30.3 Å². The van der Waals surface area contributed by atoms with Gasteiger partial charge < -0.3 is 9.67 Å². The highest BCUT2D eigenvalue weighted by Gasteiger charge is 2.31. The smallest absolute Gasteiger partial charge is 0.261 e. The van der Waals surface area contributed by atoms with Gasteiger partial charge in [-0.1, -0.05) is 12.1 Å². The van der Waals surface area contributed by atoms with Gasteiger partial charge in [0.15, 0.2) is 0 Å². The summed E-state index contributed by atoms with van der Waals surface area (Å²) in [6.45, 7) is 1.32. The Bertz CT molecular complexity index is 1120. The van der Waals surface area contributed by atoms with Crippen LogP contribution in [0.25, 0.3) is 10.9 Å². The van der Waals surface area contributed by atoms with Crippen molar-refractivity contribution in [3.63, 3.8) is 0 Å². The molecule has 1 N–H and O–H groups in total. The van der Waals surface area contributed by atoms with Crippen LogP contribution in [0.4, 0.5) is 0 Å². The number of hydrogen-bond donors (Lipinski definition) is 1. The molecule has 1 aromatic carbocycles. The Morgan fingerprint density at radius 2 is 2.04 bits per heavy atom.